The maximum Gasteiger partial charge on any atom is 0.0618 e. The molecule has 0 bridgehead atoms. The standard InChI is InChI=1S/C11H15NOS/c12-11(8-13)6-7-14-9-10-4-2-1-3-5-10/h1-7,11,13H,8-9,12H2/b7-6+. The minimum atomic E-state index is -0.238. The van der Waals surface area contributed by atoms with Crippen LogP contribution in [0.5, 0.6) is 0 Å². The number of rotatable bonds is 5. The molecule has 0 aliphatic carbocycles. The lowest BCUT2D eigenvalue weighted by Crippen LogP contribution is -2.20. The van der Waals surface area contributed by atoms with Gasteiger partial charge >= 0.3 is 0 Å². The molecular weight excluding hydrogens is 194 g/mol. The summed E-state index contributed by atoms with van der Waals surface area (Å²) in [6, 6.07) is 10.0. The van der Waals surface area contributed by atoms with E-state index < -0.39 is 0 Å². The van der Waals surface area contributed by atoms with Crippen molar-refractivity contribution in [1.29, 1.82) is 0 Å². The molecule has 0 saturated heterocycles. The molecule has 1 aromatic rings. The van der Waals surface area contributed by atoms with Crippen molar-refractivity contribution in [3.05, 3.63) is 47.4 Å². The molecule has 14 heavy (non-hydrogen) atoms. The fraction of sp³-hybridized carbons (Fsp3) is 0.273. The second-order valence-corrected chi connectivity index (χ2v) is 3.87. The Balaban J connectivity index is 2.25. The molecule has 0 amide bonds. The predicted molar refractivity (Wildman–Crippen MR) is 61.9 cm³/mol. The summed E-state index contributed by atoms with van der Waals surface area (Å²) in [4.78, 5) is 0. The van der Waals surface area contributed by atoms with Gasteiger partial charge in [-0.25, -0.2) is 0 Å². The second kappa shape index (κ2) is 6.65. The van der Waals surface area contributed by atoms with Crippen molar-refractivity contribution in [2.45, 2.75) is 11.8 Å². The molecule has 1 aromatic carbocycles. The van der Waals surface area contributed by atoms with Gasteiger partial charge in [0.2, 0.25) is 0 Å². The van der Waals surface area contributed by atoms with Gasteiger partial charge in [0.15, 0.2) is 0 Å². The number of nitrogens with two attached hydrogens (primary N) is 1. The van der Waals surface area contributed by atoms with Crippen molar-refractivity contribution in [2.24, 2.45) is 5.73 Å². The highest BCUT2D eigenvalue weighted by molar-refractivity contribution is 8.01. The first-order chi connectivity index (χ1) is 6.83. The Morgan fingerprint density at radius 3 is 2.71 bits per heavy atom. The quantitative estimate of drug-likeness (QED) is 0.776. The van der Waals surface area contributed by atoms with Crippen LogP contribution in [0, 0.1) is 0 Å². The Hall–Kier alpha value is -0.770. The second-order valence-electron chi connectivity index (χ2n) is 2.97. The summed E-state index contributed by atoms with van der Waals surface area (Å²) in [6.07, 6.45) is 1.81. The number of thioether (sulfide) groups is 1. The third kappa shape index (κ3) is 4.46. The molecular formula is C11H15NOS. The normalized spacial score (nSPS) is 13.3. The van der Waals surface area contributed by atoms with Crippen molar-refractivity contribution in [1.82, 2.24) is 0 Å². The van der Waals surface area contributed by atoms with Crippen LogP contribution in [0.1, 0.15) is 5.56 Å². The molecule has 0 radical (unpaired) electrons. The van der Waals surface area contributed by atoms with Gasteiger partial charge in [-0.2, -0.15) is 0 Å². The SMILES string of the molecule is NC(/C=C/SCc1ccccc1)CO. The van der Waals surface area contributed by atoms with Crippen LogP contribution in [0.15, 0.2) is 41.8 Å². The van der Waals surface area contributed by atoms with Gasteiger partial charge in [-0.05, 0) is 11.0 Å². The Bertz CT molecular complexity index is 274. The van der Waals surface area contributed by atoms with Gasteiger partial charge in [0.05, 0.1) is 6.61 Å². The molecule has 0 aromatic heterocycles. The first kappa shape index (κ1) is 11.3. The van der Waals surface area contributed by atoms with Gasteiger partial charge in [-0.1, -0.05) is 36.4 Å². The minimum absolute atomic E-state index is 0.00238. The van der Waals surface area contributed by atoms with E-state index in [-0.39, 0.29) is 12.6 Å². The lowest BCUT2D eigenvalue weighted by atomic mass is 10.2. The summed E-state index contributed by atoms with van der Waals surface area (Å²) in [6.45, 7) is 0.00238. The van der Waals surface area contributed by atoms with Crippen LogP contribution in [0.2, 0.25) is 0 Å². The van der Waals surface area contributed by atoms with E-state index in [4.69, 9.17) is 10.8 Å². The third-order valence-electron chi connectivity index (χ3n) is 1.73. The van der Waals surface area contributed by atoms with Crippen LogP contribution in [0.25, 0.3) is 0 Å². The van der Waals surface area contributed by atoms with Crippen LogP contribution in [0.4, 0.5) is 0 Å². The molecule has 0 fully saturated rings. The molecule has 2 nitrogen and oxygen atoms in total. The van der Waals surface area contributed by atoms with E-state index in [9.17, 15) is 0 Å². The highest BCUT2D eigenvalue weighted by Crippen LogP contribution is 2.12. The van der Waals surface area contributed by atoms with Crippen LogP contribution in [-0.4, -0.2) is 17.8 Å². The summed E-state index contributed by atoms with van der Waals surface area (Å²) < 4.78 is 0. The van der Waals surface area contributed by atoms with Crippen molar-refractivity contribution in [3.8, 4) is 0 Å². The van der Waals surface area contributed by atoms with Crippen LogP contribution in [-0.2, 0) is 5.75 Å². The first-order valence-corrected chi connectivity index (χ1v) is 5.56. The first-order valence-electron chi connectivity index (χ1n) is 4.51. The molecule has 0 aliphatic rings. The van der Waals surface area contributed by atoms with E-state index in [2.05, 4.69) is 12.1 Å². The fourth-order valence-electron chi connectivity index (χ4n) is 0.936. The van der Waals surface area contributed by atoms with Crippen molar-refractivity contribution in [3.63, 3.8) is 0 Å². The zero-order valence-corrected chi connectivity index (χ0v) is 8.78. The third-order valence-corrected chi connectivity index (χ3v) is 2.58. The van der Waals surface area contributed by atoms with Gasteiger partial charge in [-0.3, -0.25) is 0 Å². The summed E-state index contributed by atoms with van der Waals surface area (Å²) in [5.41, 5.74) is 6.79. The average Bonchev–Trinajstić information content (AvgIpc) is 2.25. The van der Waals surface area contributed by atoms with E-state index in [1.807, 2.05) is 29.7 Å². The largest absolute Gasteiger partial charge is 0.394 e. The molecule has 76 valence electrons. The molecule has 1 rings (SSSR count). The van der Waals surface area contributed by atoms with Crippen molar-refractivity contribution >= 4 is 11.8 Å². The maximum absolute atomic E-state index is 8.67. The molecule has 1 unspecified atom stereocenters. The molecule has 3 heteroatoms. The highest BCUT2D eigenvalue weighted by Gasteiger charge is 1.92. The molecule has 0 saturated carbocycles. The zero-order valence-electron chi connectivity index (χ0n) is 7.97. The van der Waals surface area contributed by atoms with Gasteiger partial charge in [-0.15, -0.1) is 11.8 Å². The van der Waals surface area contributed by atoms with E-state index in [1.165, 1.54) is 5.56 Å². The molecule has 0 heterocycles. The van der Waals surface area contributed by atoms with E-state index in [0.717, 1.165) is 5.75 Å². The molecule has 3 N–H and O–H groups in total. The van der Waals surface area contributed by atoms with Gasteiger partial charge in [0.25, 0.3) is 0 Å². The summed E-state index contributed by atoms with van der Waals surface area (Å²) in [7, 11) is 0. The number of hydrogen-bond acceptors (Lipinski definition) is 3. The number of aliphatic hydroxyl groups excluding tert-OH is 1. The average molecular weight is 209 g/mol. The summed E-state index contributed by atoms with van der Waals surface area (Å²) in [5, 5.41) is 10.6. The molecule has 0 aliphatic heterocycles. The highest BCUT2D eigenvalue weighted by atomic mass is 32.2. The summed E-state index contributed by atoms with van der Waals surface area (Å²) in [5.74, 6) is 0.940. The molecule has 1 atom stereocenters. The monoisotopic (exact) mass is 209 g/mol. The molecule has 0 spiro atoms. The smallest absolute Gasteiger partial charge is 0.0618 e. The number of benzene rings is 1. The Morgan fingerprint density at radius 1 is 1.36 bits per heavy atom. The zero-order chi connectivity index (χ0) is 10.2. The van der Waals surface area contributed by atoms with Crippen LogP contribution >= 0.6 is 11.8 Å². The van der Waals surface area contributed by atoms with Crippen molar-refractivity contribution < 1.29 is 5.11 Å². The van der Waals surface area contributed by atoms with E-state index in [0.29, 0.717) is 0 Å². The minimum Gasteiger partial charge on any atom is -0.394 e. The lowest BCUT2D eigenvalue weighted by molar-refractivity contribution is 0.284. The van der Waals surface area contributed by atoms with E-state index >= 15 is 0 Å². The van der Waals surface area contributed by atoms with Crippen LogP contribution in [0.3, 0.4) is 0 Å². The van der Waals surface area contributed by atoms with E-state index in [1.54, 1.807) is 11.8 Å². The maximum atomic E-state index is 8.67. The number of aliphatic hydroxyl groups is 1. The number of hydrogen-bond donors (Lipinski definition) is 2. The van der Waals surface area contributed by atoms with Gasteiger partial charge in [0, 0.05) is 11.8 Å². The Morgan fingerprint density at radius 2 is 2.07 bits per heavy atom. The van der Waals surface area contributed by atoms with Gasteiger partial charge in [0.1, 0.15) is 0 Å². The lowest BCUT2D eigenvalue weighted by Gasteiger charge is -1.99. The van der Waals surface area contributed by atoms with Crippen molar-refractivity contribution in [2.75, 3.05) is 6.61 Å². The topological polar surface area (TPSA) is 46.2 Å². The van der Waals surface area contributed by atoms with Gasteiger partial charge < -0.3 is 10.8 Å². The summed E-state index contributed by atoms with van der Waals surface area (Å²) >= 11 is 1.68. The fourth-order valence-corrected chi connectivity index (χ4v) is 1.73. The predicted octanol–water partition coefficient (Wildman–Crippen LogP) is 1.75. The Kier molecular flexibility index (Phi) is 5.37. The Labute approximate surface area is 88.8 Å². The van der Waals surface area contributed by atoms with Crippen LogP contribution < -0.4 is 5.73 Å².